The van der Waals surface area contributed by atoms with Crippen LogP contribution in [-0.4, -0.2) is 25.9 Å². The maximum absolute atomic E-state index is 12.8. The molecule has 164 valence electrons. The Bertz CT molecular complexity index is 1320. The molecule has 0 spiro atoms. The van der Waals surface area contributed by atoms with Crippen LogP contribution in [0.5, 0.6) is 11.5 Å². The molecule has 0 aliphatic carbocycles. The minimum absolute atomic E-state index is 0.230. The molecule has 4 aromatic rings. The number of nitrogens with one attached hydrogen (secondary N) is 1. The van der Waals surface area contributed by atoms with E-state index in [2.05, 4.69) is 10.3 Å². The van der Waals surface area contributed by atoms with Crippen molar-refractivity contribution < 1.29 is 17.9 Å². The van der Waals surface area contributed by atoms with E-state index in [1.165, 1.54) is 6.92 Å². The lowest BCUT2D eigenvalue weighted by molar-refractivity contribution is 0.295. The highest BCUT2D eigenvalue weighted by molar-refractivity contribution is 7.91. The average molecular weight is 449 g/mol. The zero-order valence-corrected chi connectivity index (χ0v) is 18.7. The maximum atomic E-state index is 12.8. The van der Waals surface area contributed by atoms with Crippen molar-refractivity contribution in [2.24, 2.45) is 0 Å². The summed E-state index contributed by atoms with van der Waals surface area (Å²) in [4.78, 5) is 4.88. The molecule has 1 heterocycles. The van der Waals surface area contributed by atoms with Gasteiger partial charge in [0.1, 0.15) is 17.3 Å². The largest absolute Gasteiger partial charge is 0.496 e. The van der Waals surface area contributed by atoms with Crippen molar-refractivity contribution in [1.29, 1.82) is 0 Å². The van der Waals surface area contributed by atoms with Gasteiger partial charge >= 0.3 is 0 Å². The first-order valence-corrected chi connectivity index (χ1v) is 11.7. The summed E-state index contributed by atoms with van der Waals surface area (Å²) in [6, 6.07) is 25.3. The minimum atomic E-state index is -3.63. The molecule has 4 rings (SSSR count). The molecule has 32 heavy (non-hydrogen) atoms. The second-order valence-corrected chi connectivity index (χ2v) is 9.45. The summed E-state index contributed by atoms with van der Waals surface area (Å²) in [5.74, 6) is 1.98. The molecule has 1 aromatic heterocycles. The molecular weight excluding hydrogens is 424 g/mol. The van der Waals surface area contributed by atoms with Crippen LogP contribution in [0, 0.1) is 0 Å². The first-order chi connectivity index (χ1) is 15.5. The standard InChI is InChI=1S/C25H24N2O4S/c1-18(32(28,29)20-10-4-3-5-11-20)31-24-14-8-12-22-21(24)15-16-25(27-22)26-17-19-9-6-7-13-23(19)30-2/h3-16,18H,17H2,1-2H3,(H,26,27). The molecule has 0 amide bonds. The second kappa shape index (κ2) is 9.28. The smallest absolute Gasteiger partial charge is 0.215 e. The molecule has 0 aliphatic rings. The molecule has 0 bridgehead atoms. The Kier molecular flexibility index (Phi) is 6.28. The van der Waals surface area contributed by atoms with Crippen LogP contribution in [-0.2, 0) is 16.4 Å². The zero-order chi connectivity index (χ0) is 22.6. The third kappa shape index (κ3) is 4.53. The molecule has 0 saturated carbocycles. The van der Waals surface area contributed by atoms with Crippen molar-refractivity contribution in [3.63, 3.8) is 0 Å². The van der Waals surface area contributed by atoms with E-state index in [0.29, 0.717) is 23.6 Å². The van der Waals surface area contributed by atoms with Crippen LogP contribution in [0.3, 0.4) is 0 Å². The summed E-state index contributed by atoms with van der Waals surface area (Å²) in [6.07, 6.45) is 0. The number of sulfone groups is 1. The van der Waals surface area contributed by atoms with Gasteiger partial charge in [-0.3, -0.25) is 0 Å². The molecule has 0 aliphatic heterocycles. The van der Waals surface area contributed by atoms with E-state index < -0.39 is 15.3 Å². The summed E-state index contributed by atoms with van der Waals surface area (Å²) < 4.78 is 36.9. The molecule has 3 aromatic carbocycles. The Hall–Kier alpha value is -3.58. The fourth-order valence-corrected chi connectivity index (χ4v) is 4.56. The van der Waals surface area contributed by atoms with Gasteiger partial charge in [-0.25, -0.2) is 13.4 Å². The number of anilines is 1. The maximum Gasteiger partial charge on any atom is 0.215 e. The van der Waals surface area contributed by atoms with E-state index in [4.69, 9.17) is 9.47 Å². The summed E-state index contributed by atoms with van der Waals surface area (Å²) >= 11 is 0. The van der Waals surface area contributed by atoms with Gasteiger partial charge in [0.25, 0.3) is 0 Å². The highest BCUT2D eigenvalue weighted by Gasteiger charge is 2.25. The van der Waals surface area contributed by atoms with Gasteiger partial charge in [0, 0.05) is 17.5 Å². The van der Waals surface area contributed by atoms with Gasteiger partial charge < -0.3 is 14.8 Å². The number of para-hydroxylation sites is 1. The highest BCUT2D eigenvalue weighted by Crippen LogP contribution is 2.29. The van der Waals surface area contributed by atoms with E-state index in [0.717, 1.165) is 16.7 Å². The lowest BCUT2D eigenvalue weighted by Gasteiger charge is -2.17. The fraction of sp³-hybridized carbons (Fsp3) is 0.160. The molecule has 1 atom stereocenters. The summed E-state index contributed by atoms with van der Waals surface area (Å²) in [7, 11) is -1.98. The SMILES string of the molecule is COc1ccccc1CNc1ccc2c(OC(C)S(=O)(=O)c3ccccc3)cccc2n1. The Morgan fingerprint density at radius 3 is 2.38 bits per heavy atom. The van der Waals surface area contributed by atoms with Gasteiger partial charge in [0.05, 0.1) is 17.5 Å². The number of benzene rings is 3. The van der Waals surface area contributed by atoms with Crippen LogP contribution < -0.4 is 14.8 Å². The van der Waals surface area contributed by atoms with Gasteiger partial charge in [-0.1, -0.05) is 42.5 Å². The minimum Gasteiger partial charge on any atom is -0.496 e. The van der Waals surface area contributed by atoms with Crippen LogP contribution >= 0.6 is 0 Å². The number of methoxy groups -OCH3 is 1. The Morgan fingerprint density at radius 1 is 0.875 bits per heavy atom. The average Bonchev–Trinajstić information content (AvgIpc) is 2.83. The third-order valence-corrected chi connectivity index (χ3v) is 7.05. The molecule has 1 unspecified atom stereocenters. The van der Waals surface area contributed by atoms with Crippen molar-refractivity contribution in [3.05, 3.63) is 90.5 Å². The molecule has 6 nitrogen and oxygen atoms in total. The number of pyridine rings is 1. The van der Waals surface area contributed by atoms with Gasteiger partial charge in [-0.05, 0) is 49.4 Å². The molecule has 7 heteroatoms. The van der Waals surface area contributed by atoms with Gasteiger partial charge in [0.2, 0.25) is 15.3 Å². The van der Waals surface area contributed by atoms with Crippen molar-refractivity contribution in [2.45, 2.75) is 23.8 Å². The van der Waals surface area contributed by atoms with Gasteiger partial charge in [-0.2, -0.15) is 0 Å². The monoisotopic (exact) mass is 448 g/mol. The first kappa shape index (κ1) is 21.6. The Labute approximate surface area is 187 Å². The number of rotatable bonds is 8. The van der Waals surface area contributed by atoms with E-state index in [1.807, 2.05) is 42.5 Å². The highest BCUT2D eigenvalue weighted by atomic mass is 32.2. The van der Waals surface area contributed by atoms with Crippen molar-refractivity contribution >= 4 is 26.6 Å². The van der Waals surface area contributed by atoms with E-state index in [-0.39, 0.29) is 4.90 Å². The normalized spacial score (nSPS) is 12.3. The topological polar surface area (TPSA) is 77.5 Å². The molecule has 1 N–H and O–H groups in total. The predicted octanol–water partition coefficient (Wildman–Crippen LogP) is 5.05. The van der Waals surface area contributed by atoms with E-state index in [1.54, 1.807) is 49.6 Å². The molecule has 0 saturated heterocycles. The lowest BCUT2D eigenvalue weighted by Crippen LogP contribution is -2.24. The lowest BCUT2D eigenvalue weighted by atomic mass is 10.2. The fourth-order valence-electron chi connectivity index (χ4n) is 3.41. The Morgan fingerprint density at radius 2 is 1.59 bits per heavy atom. The van der Waals surface area contributed by atoms with Crippen LogP contribution in [0.25, 0.3) is 10.9 Å². The number of aromatic nitrogens is 1. The van der Waals surface area contributed by atoms with Crippen LogP contribution in [0.4, 0.5) is 5.82 Å². The third-order valence-electron chi connectivity index (χ3n) is 5.15. The van der Waals surface area contributed by atoms with E-state index in [9.17, 15) is 8.42 Å². The van der Waals surface area contributed by atoms with Crippen LogP contribution in [0.1, 0.15) is 12.5 Å². The second-order valence-electron chi connectivity index (χ2n) is 7.23. The van der Waals surface area contributed by atoms with Crippen LogP contribution in [0.2, 0.25) is 0 Å². The van der Waals surface area contributed by atoms with Gasteiger partial charge in [0.15, 0.2) is 0 Å². The Balaban J connectivity index is 1.54. The van der Waals surface area contributed by atoms with Crippen LogP contribution in [0.15, 0.2) is 89.8 Å². The van der Waals surface area contributed by atoms with E-state index >= 15 is 0 Å². The zero-order valence-electron chi connectivity index (χ0n) is 17.9. The van der Waals surface area contributed by atoms with Gasteiger partial charge in [-0.15, -0.1) is 0 Å². The summed E-state index contributed by atoms with van der Waals surface area (Å²) in [5, 5.41) is 4.05. The molecular formula is C25H24N2O4S. The summed E-state index contributed by atoms with van der Waals surface area (Å²) in [5.41, 5.74) is 0.685. The molecule has 0 radical (unpaired) electrons. The van der Waals surface area contributed by atoms with Crippen molar-refractivity contribution in [2.75, 3.05) is 12.4 Å². The summed E-state index contributed by atoms with van der Waals surface area (Å²) in [6.45, 7) is 2.10. The number of hydrogen-bond acceptors (Lipinski definition) is 6. The van der Waals surface area contributed by atoms with Crippen molar-refractivity contribution in [1.82, 2.24) is 4.98 Å². The quantitative estimate of drug-likeness (QED) is 0.406. The predicted molar refractivity (Wildman–Crippen MR) is 126 cm³/mol. The number of nitrogens with zero attached hydrogens (tertiary/aromatic N) is 1. The number of hydrogen-bond donors (Lipinski definition) is 1. The first-order valence-electron chi connectivity index (χ1n) is 10.2. The van der Waals surface area contributed by atoms with Crippen molar-refractivity contribution in [3.8, 4) is 11.5 Å². The number of fused-ring (bicyclic) bond motifs is 1. The number of ether oxygens (including phenoxy) is 2. The molecule has 0 fully saturated rings.